The van der Waals surface area contributed by atoms with Crippen molar-refractivity contribution in [1.29, 1.82) is 0 Å². The number of nitrogens with zero attached hydrogens (tertiary/aromatic N) is 4. The van der Waals surface area contributed by atoms with Gasteiger partial charge in [0.05, 0.1) is 6.04 Å². The van der Waals surface area contributed by atoms with Crippen LogP contribution in [0.4, 0.5) is 15.1 Å². The Morgan fingerprint density at radius 1 is 1.08 bits per heavy atom. The largest absolute Gasteiger partial charge is 0.337 e. The van der Waals surface area contributed by atoms with Crippen LogP contribution in [0, 0.1) is 11.7 Å². The topological polar surface area (TPSA) is 61.4 Å². The van der Waals surface area contributed by atoms with Gasteiger partial charge >= 0.3 is 6.03 Å². The van der Waals surface area contributed by atoms with E-state index in [1.54, 1.807) is 35.5 Å². The maximum absolute atomic E-state index is 13.2. The molecule has 0 bridgehead atoms. The lowest BCUT2D eigenvalue weighted by atomic mass is 9.96. The number of urea groups is 1. The summed E-state index contributed by atoms with van der Waals surface area (Å²) in [5.74, 6) is 0.615. The molecule has 6 nitrogen and oxygen atoms in total. The first-order valence-electron chi connectivity index (χ1n) is 8.87. The summed E-state index contributed by atoms with van der Waals surface area (Å²) in [7, 11) is 0. The zero-order chi connectivity index (χ0) is 18.5. The van der Waals surface area contributed by atoms with E-state index in [0.717, 1.165) is 5.56 Å². The Hall–Kier alpha value is -2.70. The molecule has 0 saturated carbocycles. The lowest BCUT2D eigenvalue weighted by Gasteiger charge is -2.36. The third-order valence-electron chi connectivity index (χ3n) is 4.58. The van der Waals surface area contributed by atoms with Crippen LogP contribution in [0.25, 0.3) is 0 Å². The van der Waals surface area contributed by atoms with Gasteiger partial charge in [-0.2, -0.15) is 0 Å². The molecule has 1 N–H and O–H groups in total. The number of carbonyl (C=O) groups is 1. The van der Waals surface area contributed by atoms with Crippen molar-refractivity contribution in [2.24, 2.45) is 5.92 Å². The van der Waals surface area contributed by atoms with Crippen molar-refractivity contribution in [2.75, 3.05) is 31.1 Å². The van der Waals surface area contributed by atoms with Gasteiger partial charge in [0.2, 0.25) is 5.95 Å². The van der Waals surface area contributed by atoms with Crippen LogP contribution in [0.3, 0.4) is 0 Å². The molecule has 2 aromatic rings. The number of amides is 2. The van der Waals surface area contributed by atoms with E-state index in [4.69, 9.17) is 0 Å². The zero-order valence-electron chi connectivity index (χ0n) is 15.1. The van der Waals surface area contributed by atoms with Gasteiger partial charge in [0.25, 0.3) is 0 Å². The summed E-state index contributed by atoms with van der Waals surface area (Å²) in [5, 5.41) is 3.09. The van der Waals surface area contributed by atoms with Crippen LogP contribution < -0.4 is 10.2 Å². The molecule has 2 heterocycles. The molecule has 1 aliphatic rings. The lowest BCUT2D eigenvalue weighted by molar-refractivity contribution is 0.186. The Labute approximate surface area is 153 Å². The Morgan fingerprint density at radius 3 is 2.27 bits per heavy atom. The van der Waals surface area contributed by atoms with Crippen molar-refractivity contribution < 1.29 is 9.18 Å². The van der Waals surface area contributed by atoms with Crippen LogP contribution in [-0.4, -0.2) is 47.1 Å². The predicted molar refractivity (Wildman–Crippen MR) is 98.3 cm³/mol. The van der Waals surface area contributed by atoms with Crippen molar-refractivity contribution in [3.63, 3.8) is 0 Å². The standard InChI is InChI=1S/C19H24FN5O/c1-14(2)17(15-4-6-16(20)7-5-15)23-19(26)25-12-10-24(11-13-25)18-21-8-3-9-22-18/h3-9,14,17H,10-13H2,1-2H3,(H,23,26). The molecule has 1 fully saturated rings. The average Bonchev–Trinajstić information content (AvgIpc) is 2.67. The highest BCUT2D eigenvalue weighted by Crippen LogP contribution is 2.22. The lowest BCUT2D eigenvalue weighted by Crippen LogP contribution is -2.53. The number of piperazine rings is 1. The van der Waals surface area contributed by atoms with E-state index >= 15 is 0 Å². The van der Waals surface area contributed by atoms with Crippen molar-refractivity contribution >= 4 is 12.0 Å². The number of anilines is 1. The molecule has 1 aliphatic heterocycles. The summed E-state index contributed by atoms with van der Waals surface area (Å²) in [6.45, 7) is 6.69. The minimum absolute atomic E-state index is 0.0957. The van der Waals surface area contributed by atoms with E-state index < -0.39 is 0 Å². The summed E-state index contributed by atoms with van der Waals surface area (Å²) in [6.07, 6.45) is 3.44. The van der Waals surface area contributed by atoms with Crippen LogP contribution in [0.15, 0.2) is 42.7 Å². The summed E-state index contributed by atoms with van der Waals surface area (Å²) in [4.78, 5) is 25.1. The van der Waals surface area contributed by atoms with Gasteiger partial charge in [-0.05, 0) is 29.7 Å². The Kier molecular flexibility index (Phi) is 5.65. The molecule has 0 spiro atoms. The zero-order valence-corrected chi connectivity index (χ0v) is 15.1. The van der Waals surface area contributed by atoms with Gasteiger partial charge in [-0.25, -0.2) is 19.2 Å². The fraction of sp³-hybridized carbons (Fsp3) is 0.421. The summed E-state index contributed by atoms with van der Waals surface area (Å²) < 4.78 is 13.2. The number of nitrogens with one attached hydrogen (secondary N) is 1. The molecule has 26 heavy (non-hydrogen) atoms. The first-order chi connectivity index (χ1) is 12.5. The van der Waals surface area contributed by atoms with Crippen molar-refractivity contribution in [2.45, 2.75) is 19.9 Å². The monoisotopic (exact) mass is 357 g/mol. The van der Waals surface area contributed by atoms with Gasteiger partial charge in [-0.3, -0.25) is 0 Å². The molecule has 1 aromatic heterocycles. The smallest absolute Gasteiger partial charge is 0.318 e. The molecule has 7 heteroatoms. The second-order valence-electron chi connectivity index (χ2n) is 6.75. The fourth-order valence-electron chi connectivity index (χ4n) is 3.09. The van der Waals surface area contributed by atoms with Crippen LogP contribution >= 0.6 is 0 Å². The molecular weight excluding hydrogens is 333 g/mol. The van der Waals surface area contributed by atoms with Crippen molar-refractivity contribution in [1.82, 2.24) is 20.2 Å². The normalized spacial score (nSPS) is 15.8. The number of rotatable bonds is 4. The van der Waals surface area contributed by atoms with Crippen molar-refractivity contribution in [3.05, 3.63) is 54.1 Å². The number of benzene rings is 1. The highest BCUT2D eigenvalue weighted by Gasteiger charge is 2.25. The molecule has 0 radical (unpaired) electrons. The summed E-state index contributed by atoms with van der Waals surface area (Å²) >= 11 is 0. The van der Waals surface area contributed by atoms with E-state index in [2.05, 4.69) is 20.2 Å². The highest BCUT2D eigenvalue weighted by atomic mass is 19.1. The molecule has 138 valence electrons. The molecule has 1 atom stereocenters. The van der Waals surface area contributed by atoms with Gasteiger partial charge in [0, 0.05) is 38.6 Å². The SMILES string of the molecule is CC(C)C(NC(=O)N1CCN(c2ncccn2)CC1)c1ccc(F)cc1. The van der Waals surface area contributed by atoms with Gasteiger partial charge < -0.3 is 15.1 Å². The molecule has 0 aliphatic carbocycles. The first-order valence-corrected chi connectivity index (χ1v) is 8.87. The van der Waals surface area contributed by atoms with E-state index in [9.17, 15) is 9.18 Å². The van der Waals surface area contributed by atoms with Crippen LogP contribution in [0.2, 0.25) is 0 Å². The molecule has 2 amide bonds. The minimum atomic E-state index is -0.276. The molecule has 1 aromatic carbocycles. The van der Waals surface area contributed by atoms with Gasteiger partial charge in [-0.1, -0.05) is 26.0 Å². The number of aromatic nitrogens is 2. The van der Waals surface area contributed by atoms with Gasteiger partial charge in [-0.15, -0.1) is 0 Å². The summed E-state index contributed by atoms with van der Waals surface area (Å²) in [5.41, 5.74) is 0.908. The Balaban J connectivity index is 1.59. The van der Waals surface area contributed by atoms with Crippen LogP contribution in [0.1, 0.15) is 25.5 Å². The molecule has 1 saturated heterocycles. The second kappa shape index (κ2) is 8.12. The van der Waals surface area contributed by atoms with E-state index in [0.29, 0.717) is 32.1 Å². The van der Waals surface area contributed by atoms with E-state index in [-0.39, 0.29) is 23.8 Å². The third-order valence-corrected chi connectivity index (χ3v) is 4.58. The maximum Gasteiger partial charge on any atom is 0.318 e. The van der Waals surface area contributed by atoms with Gasteiger partial charge in [0.1, 0.15) is 5.82 Å². The first kappa shape index (κ1) is 18.1. The predicted octanol–water partition coefficient (Wildman–Crippen LogP) is 2.84. The van der Waals surface area contributed by atoms with Crippen LogP contribution in [0.5, 0.6) is 0 Å². The molecule has 3 rings (SSSR count). The van der Waals surface area contributed by atoms with Crippen LogP contribution in [-0.2, 0) is 0 Å². The summed E-state index contributed by atoms with van der Waals surface area (Å²) in [6, 6.07) is 7.84. The number of hydrogen-bond acceptors (Lipinski definition) is 4. The minimum Gasteiger partial charge on any atom is -0.337 e. The second-order valence-corrected chi connectivity index (χ2v) is 6.75. The Bertz CT molecular complexity index is 714. The number of halogens is 1. The van der Waals surface area contributed by atoms with Gasteiger partial charge in [0.15, 0.2) is 0 Å². The molecular formula is C19H24FN5O. The quantitative estimate of drug-likeness (QED) is 0.914. The maximum atomic E-state index is 13.2. The van der Waals surface area contributed by atoms with E-state index in [1.165, 1.54) is 12.1 Å². The van der Waals surface area contributed by atoms with E-state index in [1.807, 2.05) is 13.8 Å². The Morgan fingerprint density at radius 2 is 1.69 bits per heavy atom. The third kappa shape index (κ3) is 4.28. The van der Waals surface area contributed by atoms with Crippen molar-refractivity contribution in [3.8, 4) is 0 Å². The molecule has 1 unspecified atom stereocenters. The fourth-order valence-corrected chi connectivity index (χ4v) is 3.09. The highest BCUT2D eigenvalue weighted by molar-refractivity contribution is 5.75. The number of hydrogen-bond donors (Lipinski definition) is 1. The average molecular weight is 357 g/mol. The number of carbonyl (C=O) groups excluding carboxylic acids is 1.